The maximum atomic E-state index is 12.0. The van der Waals surface area contributed by atoms with Crippen LogP contribution >= 0.6 is 27.5 Å². The van der Waals surface area contributed by atoms with Crippen LogP contribution < -0.4 is 16.1 Å². The molecule has 1 heterocycles. The topological polar surface area (TPSA) is 61.4 Å². The molecule has 24 heavy (non-hydrogen) atoms. The summed E-state index contributed by atoms with van der Waals surface area (Å²) in [6.07, 6.45) is 0. The standard InChI is InChI=1S/C17H13BrClNO4/c1-10-8-12(3-4-14(10)19)23-7-6-20-15-5-2-11(18)9-13(15)16(21)24-17(20)22/h2-5,8-9H,6-7H2,1H3. The number of ether oxygens (including phenoxy) is 1. The predicted octanol–water partition coefficient (Wildman–Crippen LogP) is 3.76. The van der Waals surface area contributed by atoms with Crippen LogP contribution in [0, 0.1) is 6.92 Å². The molecule has 1 aromatic heterocycles. The van der Waals surface area contributed by atoms with Crippen molar-refractivity contribution in [1.82, 2.24) is 4.57 Å². The van der Waals surface area contributed by atoms with Gasteiger partial charge in [-0.25, -0.2) is 9.59 Å². The first kappa shape index (κ1) is 16.8. The Balaban J connectivity index is 1.86. The van der Waals surface area contributed by atoms with E-state index in [9.17, 15) is 9.59 Å². The molecule has 0 N–H and O–H groups in total. The van der Waals surface area contributed by atoms with Crippen LogP contribution in [0.2, 0.25) is 5.02 Å². The van der Waals surface area contributed by atoms with Gasteiger partial charge in [0.25, 0.3) is 0 Å². The zero-order chi connectivity index (χ0) is 17.3. The fourth-order valence-corrected chi connectivity index (χ4v) is 2.85. The molecule has 0 atom stereocenters. The van der Waals surface area contributed by atoms with Crippen LogP contribution in [0.5, 0.6) is 5.75 Å². The molecule has 5 nitrogen and oxygen atoms in total. The minimum atomic E-state index is -0.703. The third kappa shape index (κ3) is 3.39. The number of hydrogen-bond donors (Lipinski definition) is 0. The number of rotatable bonds is 4. The largest absolute Gasteiger partial charge is 0.492 e. The van der Waals surface area contributed by atoms with Gasteiger partial charge in [0.05, 0.1) is 17.4 Å². The van der Waals surface area contributed by atoms with Crippen LogP contribution in [-0.4, -0.2) is 11.2 Å². The maximum Gasteiger partial charge on any atom is 0.422 e. The van der Waals surface area contributed by atoms with Crippen molar-refractivity contribution >= 4 is 38.4 Å². The van der Waals surface area contributed by atoms with E-state index in [1.807, 2.05) is 13.0 Å². The van der Waals surface area contributed by atoms with Crippen molar-refractivity contribution in [3.05, 3.63) is 72.4 Å². The molecule has 0 aliphatic heterocycles. The number of halogens is 2. The lowest BCUT2D eigenvalue weighted by Gasteiger charge is -2.11. The Morgan fingerprint density at radius 3 is 2.75 bits per heavy atom. The van der Waals surface area contributed by atoms with Gasteiger partial charge in [-0.15, -0.1) is 0 Å². The molecule has 0 amide bonds. The summed E-state index contributed by atoms with van der Waals surface area (Å²) in [7, 11) is 0. The van der Waals surface area contributed by atoms with Gasteiger partial charge in [-0.2, -0.15) is 0 Å². The quantitative estimate of drug-likeness (QED) is 0.657. The third-order valence-electron chi connectivity index (χ3n) is 3.58. The van der Waals surface area contributed by atoms with E-state index in [2.05, 4.69) is 15.9 Å². The van der Waals surface area contributed by atoms with Crippen molar-refractivity contribution in [2.45, 2.75) is 13.5 Å². The lowest BCUT2D eigenvalue weighted by molar-refractivity contribution is 0.287. The van der Waals surface area contributed by atoms with E-state index >= 15 is 0 Å². The van der Waals surface area contributed by atoms with Gasteiger partial charge in [-0.3, -0.25) is 4.57 Å². The molecule has 3 rings (SSSR count). The average Bonchev–Trinajstić information content (AvgIpc) is 2.54. The minimum Gasteiger partial charge on any atom is -0.492 e. The first-order valence-electron chi connectivity index (χ1n) is 7.18. The van der Waals surface area contributed by atoms with E-state index in [0.717, 1.165) is 10.0 Å². The van der Waals surface area contributed by atoms with Crippen LogP contribution in [0.1, 0.15) is 5.56 Å². The van der Waals surface area contributed by atoms with E-state index in [1.165, 1.54) is 4.57 Å². The number of aromatic nitrogens is 1. The molecule has 7 heteroatoms. The summed E-state index contributed by atoms with van der Waals surface area (Å²) < 4.78 is 12.5. The lowest BCUT2D eigenvalue weighted by atomic mass is 10.2. The van der Waals surface area contributed by atoms with Crippen molar-refractivity contribution in [2.75, 3.05) is 6.61 Å². The predicted molar refractivity (Wildman–Crippen MR) is 96.1 cm³/mol. The molecule has 0 saturated carbocycles. The molecular weight excluding hydrogens is 398 g/mol. The highest BCUT2D eigenvalue weighted by Gasteiger charge is 2.10. The SMILES string of the molecule is Cc1cc(OCCn2c(=O)oc(=O)c3cc(Br)ccc32)ccc1Cl. The van der Waals surface area contributed by atoms with Crippen molar-refractivity contribution < 1.29 is 9.15 Å². The smallest absolute Gasteiger partial charge is 0.422 e. The second kappa shape index (κ2) is 6.83. The van der Waals surface area contributed by atoms with E-state index in [-0.39, 0.29) is 13.2 Å². The van der Waals surface area contributed by atoms with Gasteiger partial charge < -0.3 is 9.15 Å². The van der Waals surface area contributed by atoms with E-state index in [1.54, 1.807) is 30.3 Å². The Labute approximate surface area is 150 Å². The summed E-state index contributed by atoms with van der Waals surface area (Å²) in [6, 6.07) is 10.4. The van der Waals surface area contributed by atoms with E-state index in [0.29, 0.717) is 21.7 Å². The van der Waals surface area contributed by atoms with Crippen molar-refractivity contribution in [3.63, 3.8) is 0 Å². The molecule has 0 fully saturated rings. The molecular formula is C17H13BrClNO4. The van der Waals surface area contributed by atoms with Crippen LogP contribution in [0.25, 0.3) is 10.9 Å². The Morgan fingerprint density at radius 1 is 1.21 bits per heavy atom. The molecule has 2 aromatic carbocycles. The van der Waals surface area contributed by atoms with Gasteiger partial charge in [-0.05, 0) is 48.9 Å². The first-order valence-corrected chi connectivity index (χ1v) is 8.35. The minimum absolute atomic E-state index is 0.250. The normalized spacial score (nSPS) is 11.0. The van der Waals surface area contributed by atoms with E-state index in [4.69, 9.17) is 20.8 Å². The highest BCUT2D eigenvalue weighted by Crippen LogP contribution is 2.21. The van der Waals surface area contributed by atoms with E-state index < -0.39 is 11.4 Å². The van der Waals surface area contributed by atoms with Gasteiger partial charge in [0, 0.05) is 9.50 Å². The molecule has 0 radical (unpaired) electrons. The molecule has 0 aliphatic carbocycles. The number of benzene rings is 2. The molecule has 0 bridgehead atoms. The average molecular weight is 411 g/mol. The Bertz CT molecular complexity index is 1030. The van der Waals surface area contributed by atoms with Crippen LogP contribution in [0.4, 0.5) is 0 Å². The second-order valence-electron chi connectivity index (χ2n) is 5.23. The van der Waals surface area contributed by atoms with Gasteiger partial charge in [0.2, 0.25) is 0 Å². The second-order valence-corrected chi connectivity index (χ2v) is 6.55. The highest BCUT2D eigenvalue weighted by atomic mass is 79.9. The molecule has 0 saturated heterocycles. The number of hydrogen-bond acceptors (Lipinski definition) is 4. The Hall–Kier alpha value is -2.05. The molecule has 0 unspecified atom stereocenters. The maximum absolute atomic E-state index is 12.0. The summed E-state index contributed by atoms with van der Waals surface area (Å²) in [4.78, 5) is 23.8. The van der Waals surface area contributed by atoms with Crippen LogP contribution in [0.15, 0.2) is 54.9 Å². The Morgan fingerprint density at radius 2 is 2.00 bits per heavy atom. The molecule has 0 spiro atoms. The summed E-state index contributed by atoms with van der Waals surface area (Å²) >= 11 is 9.28. The molecule has 0 aliphatic rings. The summed E-state index contributed by atoms with van der Waals surface area (Å²) in [5.41, 5.74) is 0.768. The summed E-state index contributed by atoms with van der Waals surface area (Å²) in [6.45, 7) is 2.39. The number of aryl methyl sites for hydroxylation is 1. The highest BCUT2D eigenvalue weighted by molar-refractivity contribution is 9.10. The zero-order valence-electron chi connectivity index (χ0n) is 12.7. The van der Waals surface area contributed by atoms with Crippen molar-refractivity contribution in [1.29, 1.82) is 0 Å². The van der Waals surface area contributed by atoms with Crippen LogP contribution in [0.3, 0.4) is 0 Å². The van der Waals surface area contributed by atoms with Crippen molar-refractivity contribution in [2.24, 2.45) is 0 Å². The van der Waals surface area contributed by atoms with Gasteiger partial charge in [0.1, 0.15) is 12.4 Å². The lowest BCUT2D eigenvalue weighted by Crippen LogP contribution is -2.27. The number of fused-ring (bicyclic) bond motifs is 1. The molecule has 124 valence electrons. The Kier molecular flexibility index (Phi) is 4.78. The van der Waals surface area contributed by atoms with Gasteiger partial charge >= 0.3 is 11.4 Å². The first-order chi connectivity index (χ1) is 11.5. The molecule has 3 aromatic rings. The summed E-state index contributed by atoms with van der Waals surface area (Å²) in [5.74, 6) is -0.0416. The van der Waals surface area contributed by atoms with Crippen LogP contribution in [-0.2, 0) is 6.54 Å². The fraction of sp³-hybridized carbons (Fsp3) is 0.176. The van der Waals surface area contributed by atoms with Crippen molar-refractivity contribution in [3.8, 4) is 5.75 Å². The summed E-state index contributed by atoms with van der Waals surface area (Å²) in [5, 5.41) is 1.01. The van der Waals surface area contributed by atoms with Gasteiger partial charge in [0.15, 0.2) is 0 Å². The zero-order valence-corrected chi connectivity index (χ0v) is 15.1. The number of nitrogens with zero attached hydrogens (tertiary/aromatic N) is 1. The fourth-order valence-electron chi connectivity index (χ4n) is 2.37. The third-order valence-corrected chi connectivity index (χ3v) is 4.50. The monoisotopic (exact) mass is 409 g/mol. The van der Waals surface area contributed by atoms with Gasteiger partial charge in [-0.1, -0.05) is 27.5 Å².